The summed E-state index contributed by atoms with van der Waals surface area (Å²) in [5, 5.41) is 4.34. The third-order valence-electron chi connectivity index (χ3n) is 10.8. The number of benzene rings is 1. The lowest BCUT2D eigenvalue weighted by Crippen LogP contribution is -2.72. The van der Waals surface area contributed by atoms with Crippen LogP contribution in [0.15, 0.2) is 41.2 Å². The van der Waals surface area contributed by atoms with Crippen LogP contribution in [0, 0.1) is 10.8 Å². The van der Waals surface area contributed by atoms with Crippen LogP contribution in [0.1, 0.15) is 104 Å². The van der Waals surface area contributed by atoms with Gasteiger partial charge in [0.25, 0.3) is 0 Å². The molecular formula is C34H44N6O3. The monoisotopic (exact) mass is 584 g/mol. The van der Waals surface area contributed by atoms with Crippen molar-refractivity contribution in [1.29, 1.82) is 0 Å². The largest absolute Gasteiger partial charge is 0.464 e. The number of amides is 1. The summed E-state index contributed by atoms with van der Waals surface area (Å²) in [6.45, 7) is 9.53. The fraction of sp³-hybridized carbons (Fsp3) is 0.618. The number of carbonyl (C=O) groups is 1. The Balaban J connectivity index is 1.13. The minimum atomic E-state index is -0.137. The lowest BCUT2D eigenvalue weighted by molar-refractivity contribution is -0.152. The van der Waals surface area contributed by atoms with Crippen molar-refractivity contribution >= 4 is 11.6 Å². The van der Waals surface area contributed by atoms with Crippen LogP contribution in [0.2, 0.25) is 0 Å². The van der Waals surface area contributed by atoms with Crippen LogP contribution in [-0.2, 0) is 15.6 Å². The van der Waals surface area contributed by atoms with Crippen LogP contribution < -0.4 is 15.4 Å². The summed E-state index contributed by atoms with van der Waals surface area (Å²) in [6, 6.07) is 8.64. The number of rotatable bonds is 9. The Morgan fingerprint density at radius 1 is 1.00 bits per heavy atom. The molecule has 0 spiro atoms. The van der Waals surface area contributed by atoms with Gasteiger partial charge in [-0.3, -0.25) is 4.79 Å². The van der Waals surface area contributed by atoms with E-state index in [0.717, 1.165) is 92.9 Å². The van der Waals surface area contributed by atoms with Crippen LogP contribution >= 0.6 is 0 Å². The van der Waals surface area contributed by atoms with Gasteiger partial charge in [-0.25, -0.2) is 9.97 Å². The third kappa shape index (κ3) is 5.03. The van der Waals surface area contributed by atoms with E-state index in [-0.39, 0.29) is 33.1 Å². The van der Waals surface area contributed by atoms with Gasteiger partial charge in [0.1, 0.15) is 0 Å². The molecule has 0 atom stereocenters. The maximum absolute atomic E-state index is 14.2. The van der Waals surface area contributed by atoms with Gasteiger partial charge in [0.05, 0.1) is 6.61 Å². The quantitative estimate of drug-likeness (QED) is 0.319. The highest BCUT2D eigenvalue weighted by Crippen LogP contribution is 2.68. The van der Waals surface area contributed by atoms with Crippen molar-refractivity contribution in [2.75, 3.05) is 18.1 Å². The number of nitrogens with zero attached hydrogens (tertiary/aromatic N) is 5. The number of hydrogen-bond donors (Lipinski definition) is 1. The number of carbonyl (C=O) groups excluding carboxylic acids is 1. The molecule has 43 heavy (non-hydrogen) atoms. The molecule has 0 unspecified atom stereocenters. The molecule has 6 aliphatic carbocycles. The van der Waals surface area contributed by atoms with E-state index in [1.807, 2.05) is 13.0 Å². The second kappa shape index (κ2) is 9.84. The molecule has 2 heterocycles. The Labute approximate surface area is 254 Å². The summed E-state index contributed by atoms with van der Waals surface area (Å²) in [7, 11) is 0. The van der Waals surface area contributed by atoms with Gasteiger partial charge in [-0.05, 0) is 93.2 Å². The molecule has 6 aliphatic rings. The molecule has 4 bridgehead atoms. The summed E-state index contributed by atoms with van der Waals surface area (Å²) < 4.78 is 11.3. The van der Waals surface area contributed by atoms with Crippen molar-refractivity contribution in [3.8, 4) is 17.1 Å². The maximum Gasteiger partial charge on any atom is 0.316 e. The van der Waals surface area contributed by atoms with E-state index in [0.29, 0.717) is 19.0 Å². The molecule has 0 radical (unpaired) electrons. The first-order valence-corrected chi connectivity index (χ1v) is 15.9. The molecule has 9 rings (SSSR count). The molecule has 3 aromatic rings. The van der Waals surface area contributed by atoms with Gasteiger partial charge in [0.2, 0.25) is 11.8 Å². The van der Waals surface area contributed by atoms with E-state index in [9.17, 15) is 4.79 Å². The Kier molecular flexibility index (Phi) is 6.51. The first-order chi connectivity index (χ1) is 20.4. The van der Waals surface area contributed by atoms with Crippen LogP contribution in [0.5, 0.6) is 6.01 Å². The molecule has 1 aromatic carbocycles. The van der Waals surface area contributed by atoms with Crippen LogP contribution in [0.3, 0.4) is 0 Å². The molecule has 228 valence electrons. The van der Waals surface area contributed by atoms with Gasteiger partial charge < -0.3 is 19.9 Å². The number of hydrogen-bond acceptors (Lipinski definition) is 8. The topological polar surface area (TPSA) is 120 Å². The summed E-state index contributed by atoms with van der Waals surface area (Å²) in [4.78, 5) is 29.9. The van der Waals surface area contributed by atoms with Gasteiger partial charge in [0.15, 0.2) is 5.82 Å². The maximum atomic E-state index is 14.2. The molecule has 2 N–H and O–H groups in total. The molecule has 9 heteroatoms. The van der Waals surface area contributed by atoms with E-state index in [1.54, 1.807) is 12.4 Å². The fourth-order valence-electron chi connectivity index (χ4n) is 8.43. The summed E-state index contributed by atoms with van der Waals surface area (Å²) in [6.07, 6.45) is 13.3. The zero-order chi connectivity index (χ0) is 30.1. The molecular weight excluding hydrogens is 540 g/mol. The second-order valence-electron chi connectivity index (χ2n) is 15.2. The lowest BCUT2D eigenvalue weighted by atomic mass is 9.39. The van der Waals surface area contributed by atoms with Crippen molar-refractivity contribution < 1.29 is 14.1 Å². The highest BCUT2D eigenvalue weighted by atomic mass is 16.5. The highest BCUT2D eigenvalue weighted by molar-refractivity contribution is 5.95. The second-order valence-corrected chi connectivity index (χ2v) is 15.2. The predicted molar refractivity (Wildman–Crippen MR) is 164 cm³/mol. The van der Waals surface area contributed by atoms with Gasteiger partial charge >= 0.3 is 6.01 Å². The first-order valence-electron chi connectivity index (χ1n) is 15.9. The third-order valence-corrected chi connectivity index (χ3v) is 10.8. The minimum absolute atomic E-state index is 0.0188. The standard InChI is InChI=1S/C34H44N6O3/c1-5-42-29-36-17-24(18-37-29)23-7-6-8-25(15-23)40(26(41)16-32-19-34(35,20-32)21-32)22-31-9-12-33(13-10-31,14-11-31)28-38-27(39-43-28)30(2,3)4/h6-8,15,17-18H,5,9-14,16,19-22,35H2,1-4H3. The van der Waals surface area contributed by atoms with Crippen molar-refractivity contribution in [1.82, 2.24) is 20.1 Å². The Hall–Kier alpha value is -3.33. The van der Waals surface area contributed by atoms with E-state index >= 15 is 0 Å². The normalized spacial score (nSPS) is 30.8. The number of nitrogens with two attached hydrogens (primary N) is 1. The molecule has 2 aromatic heterocycles. The lowest BCUT2D eigenvalue weighted by Gasteiger charge is -2.69. The van der Waals surface area contributed by atoms with Gasteiger partial charge in [-0.2, -0.15) is 4.98 Å². The van der Waals surface area contributed by atoms with Crippen molar-refractivity contribution in [2.45, 2.75) is 108 Å². The van der Waals surface area contributed by atoms with Gasteiger partial charge in [-0.1, -0.05) is 38.1 Å². The van der Waals surface area contributed by atoms with E-state index < -0.39 is 0 Å². The summed E-state index contributed by atoms with van der Waals surface area (Å²) in [5.74, 6) is 1.80. The van der Waals surface area contributed by atoms with E-state index in [1.165, 1.54) is 0 Å². The summed E-state index contributed by atoms with van der Waals surface area (Å²) >= 11 is 0. The van der Waals surface area contributed by atoms with Crippen molar-refractivity contribution in [3.05, 3.63) is 48.4 Å². The number of ether oxygens (including phenoxy) is 1. The van der Waals surface area contributed by atoms with Crippen molar-refractivity contribution in [3.63, 3.8) is 0 Å². The zero-order valence-corrected chi connectivity index (χ0v) is 26.0. The zero-order valence-electron chi connectivity index (χ0n) is 26.0. The number of aromatic nitrogens is 4. The van der Waals surface area contributed by atoms with E-state index in [2.05, 4.69) is 59.0 Å². The van der Waals surface area contributed by atoms with Crippen molar-refractivity contribution in [2.24, 2.45) is 16.6 Å². The molecule has 6 saturated carbocycles. The van der Waals surface area contributed by atoms with Gasteiger partial charge in [0, 0.05) is 53.0 Å². The average molecular weight is 585 g/mol. The molecule has 1 amide bonds. The molecule has 0 saturated heterocycles. The Bertz CT molecular complexity index is 1480. The highest BCUT2D eigenvalue weighted by Gasteiger charge is 2.66. The first kappa shape index (κ1) is 28.4. The predicted octanol–water partition coefficient (Wildman–Crippen LogP) is 6.12. The number of anilines is 1. The summed E-state index contributed by atoms with van der Waals surface area (Å²) in [5.41, 5.74) is 9.17. The van der Waals surface area contributed by atoms with Crippen LogP contribution in [-0.4, -0.2) is 44.7 Å². The molecule has 0 aliphatic heterocycles. The number of fused-ring (bicyclic) bond motifs is 3. The van der Waals surface area contributed by atoms with E-state index in [4.69, 9.17) is 20.0 Å². The SMILES string of the molecule is CCOc1ncc(-c2cccc(N(CC34CCC(c5nc(C(C)(C)C)no5)(CC3)CC4)C(=O)CC34CC(N)(C3)C4)c2)cn1. The Morgan fingerprint density at radius 2 is 1.67 bits per heavy atom. The fourth-order valence-corrected chi connectivity index (χ4v) is 8.43. The van der Waals surface area contributed by atoms with Gasteiger partial charge in [-0.15, -0.1) is 0 Å². The molecule has 6 fully saturated rings. The smallest absolute Gasteiger partial charge is 0.316 e. The Morgan fingerprint density at radius 3 is 2.26 bits per heavy atom. The van der Waals surface area contributed by atoms with Crippen LogP contribution in [0.4, 0.5) is 5.69 Å². The molecule has 9 nitrogen and oxygen atoms in total. The minimum Gasteiger partial charge on any atom is -0.464 e. The van der Waals surface area contributed by atoms with Crippen LogP contribution in [0.25, 0.3) is 11.1 Å². The average Bonchev–Trinajstić information content (AvgIpc) is 3.49.